The molecule has 0 heterocycles. The van der Waals surface area contributed by atoms with Gasteiger partial charge in [-0.2, -0.15) is 0 Å². The first-order valence-corrected chi connectivity index (χ1v) is 6.89. The number of nitrogens with one attached hydrogen (secondary N) is 1. The normalized spacial score (nSPS) is 12.9. The van der Waals surface area contributed by atoms with Gasteiger partial charge in [0, 0.05) is 0 Å². The summed E-state index contributed by atoms with van der Waals surface area (Å²) in [6, 6.07) is 5.65. The largest absolute Gasteiger partial charge is 0.483 e. The molecule has 1 rings (SSSR count). The van der Waals surface area contributed by atoms with E-state index in [0.29, 0.717) is 5.75 Å². The number of aryl methyl sites for hydroxylation is 1. The minimum absolute atomic E-state index is 0.0855. The Bertz CT molecular complexity index is 458. The number of halogens is 1. The molecule has 5 heteroatoms. The standard InChI is InChI=1S/C14H20BrNO3/c1-9-5-6-12(11(15)7-9)19-8-13(18)16-14(3,4)10(2)17/h5-7,10,17H,8H2,1-4H3,(H,16,18). The van der Waals surface area contributed by atoms with Crippen molar-refractivity contribution in [1.29, 1.82) is 0 Å². The van der Waals surface area contributed by atoms with Gasteiger partial charge in [0.2, 0.25) is 0 Å². The van der Waals surface area contributed by atoms with Crippen LogP contribution in [0, 0.1) is 6.92 Å². The van der Waals surface area contributed by atoms with Gasteiger partial charge in [-0.1, -0.05) is 6.07 Å². The summed E-state index contributed by atoms with van der Waals surface area (Å²) in [5.41, 5.74) is 0.434. The fraction of sp³-hybridized carbons (Fsp3) is 0.500. The summed E-state index contributed by atoms with van der Waals surface area (Å²) in [6.45, 7) is 7.05. The highest BCUT2D eigenvalue weighted by Gasteiger charge is 2.26. The summed E-state index contributed by atoms with van der Waals surface area (Å²) in [5, 5.41) is 12.3. The maximum Gasteiger partial charge on any atom is 0.258 e. The third kappa shape index (κ3) is 4.84. The molecule has 4 nitrogen and oxygen atoms in total. The van der Waals surface area contributed by atoms with Crippen LogP contribution < -0.4 is 10.1 Å². The van der Waals surface area contributed by atoms with Crippen molar-refractivity contribution in [2.75, 3.05) is 6.61 Å². The second kappa shape index (κ2) is 6.39. The van der Waals surface area contributed by atoms with Crippen LogP contribution in [0.1, 0.15) is 26.3 Å². The lowest BCUT2D eigenvalue weighted by molar-refractivity contribution is -0.126. The lowest BCUT2D eigenvalue weighted by atomic mass is 9.99. The monoisotopic (exact) mass is 329 g/mol. The van der Waals surface area contributed by atoms with E-state index in [4.69, 9.17) is 4.74 Å². The molecule has 1 unspecified atom stereocenters. The maximum atomic E-state index is 11.8. The molecule has 1 amide bonds. The number of ether oxygens (including phenoxy) is 1. The van der Waals surface area contributed by atoms with Crippen molar-refractivity contribution in [2.24, 2.45) is 0 Å². The number of benzene rings is 1. The second-order valence-electron chi connectivity index (χ2n) is 5.17. The van der Waals surface area contributed by atoms with Gasteiger partial charge in [-0.3, -0.25) is 4.79 Å². The number of hydrogen-bond acceptors (Lipinski definition) is 3. The molecule has 1 aromatic rings. The minimum atomic E-state index is -0.676. The van der Waals surface area contributed by atoms with E-state index in [1.54, 1.807) is 20.8 Å². The minimum Gasteiger partial charge on any atom is -0.483 e. The van der Waals surface area contributed by atoms with E-state index in [1.165, 1.54) is 0 Å². The predicted molar refractivity (Wildman–Crippen MR) is 78.3 cm³/mol. The molecule has 0 bridgehead atoms. The Morgan fingerprint density at radius 3 is 2.68 bits per heavy atom. The Morgan fingerprint density at radius 1 is 1.53 bits per heavy atom. The SMILES string of the molecule is Cc1ccc(OCC(=O)NC(C)(C)C(C)O)c(Br)c1. The number of hydrogen-bond donors (Lipinski definition) is 2. The van der Waals surface area contributed by atoms with Crippen LogP contribution in [-0.2, 0) is 4.79 Å². The van der Waals surface area contributed by atoms with Gasteiger partial charge in [0.15, 0.2) is 6.61 Å². The molecule has 106 valence electrons. The van der Waals surface area contributed by atoms with Crippen LogP contribution in [0.15, 0.2) is 22.7 Å². The molecule has 19 heavy (non-hydrogen) atoms. The van der Waals surface area contributed by atoms with E-state index >= 15 is 0 Å². The van der Waals surface area contributed by atoms with Crippen molar-refractivity contribution in [1.82, 2.24) is 5.32 Å². The molecule has 0 fully saturated rings. The average molecular weight is 330 g/mol. The second-order valence-corrected chi connectivity index (χ2v) is 6.02. The van der Waals surface area contributed by atoms with Crippen molar-refractivity contribution >= 4 is 21.8 Å². The molecule has 0 aromatic heterocycles. The zero-order valence-corrected chi connectivity index (χ0v) is 13.2. The fourth-order valence-electron chi connectivity index (χ4n) is 1.37. The van der Waals surface area contributed by atoms with Crippen molar-refractivity contribution in [3.8, 4) is 5.75 Å². The van der Waals surface area contributed by atoms with Gasteiger partial charge in [0.25, 0.3) is 5.91 Å². The zero-order chi connectivity index (χ0) is 14.6. The number of amides is 1. The van der Waals surface area contributed by atoms with Gasteiger partial charge in [-0.05, 0) is 61.3 Å². The number of aliphatic hydroxyl groups excluding tert-OH is 1. The van der Waals surface area contributed by atoms with Gasteiger partial charge in [-0.15, -0.1) is 0 Å². The van der Waals surface area contributed by atoms with Crippen LogP contribution in [0.25, 0.3) is 0 Å². The van der Waals surface area contributed by atoms with Crippen molar-refractivity contribution in [2.45, 2.75) is 39.3 Å². The van der Waals surface area contributed by atoms with Crippen molar-refractivity contribution < 1.29 is 14.6 Å². The molecule has 0 radical (unpaired) electrons. The van der Waals surface area contributed by atoms with Crippen molar-refractivity contribution in [3.05, 3.63) is 28.2 Å². The topological polar surface area (TPSA) is 58.6 Å². The van der Waals surface area contributed by atoms with Gasteiger partial charge in [-0.25, -0.2) is 0 Å². The molecule has 0 aliphatic heterocycles. The summed E-state index contributed by atoms with van der Waals surface area (Å²) >= 11 is 3.39. The smallest absolute Gasteiger partial charge is 0.258 e. The number of aliphatic hydroxyl groups is 1. The maximum absolute atomic E-state index is 11.8. The highest BCUT2D eigenvalue weighted by atomic mass is 79.9. The highest BCUT2D eigenvalue weighted by Crippen LogP contribution is 2.25. The summed E-state index contributed by atoms with van der Waals surface area (Å²) < 4.78 is 6.25. The molecule has 1 atom stereocenters. The van der Waals surface area contributed by atoms with Gasteiger partial charge in [0.05, 0.1) is 16.1 Å². The summed E-state index contributed by atoms with van der Waals surface area (Å²) in [6.07, 6.45) is -0.637. The first-order chi connectivity index (χ1) is 8.72. The van der Waals surface area contributed by atoms with E-state index in [9.17, 15) is 9.90 Å². The quantitative estimate of drug-likeness (QED) is 0.872. The fourth-order valence-corrected chi connectivity index (χ4v) is 1.97. The Kier molecular flexibility index (Phi) is 5.38. The van der Waals surface area contributed by atoms with Crippen molar-refractivity contribution in [3.63, 3.8) is 0 Å². The first kappa shape index (κ1) is 16.0. The predicted octanol–water partition coefficient (Wildman–Crippen LogP) is 2.41. The molecule has 0 spiro atoms. The summed E-state index contributed by atoms with van der Waals surface area (Å²) in [7, 11) is 0. The van der Waals surface area contributed by atoms with Crippen LogP contribution in [0.3, 0.4) is 0 Å². The Morgan fingerprint density at radius 2 is 2.16 bits per heavy atom. The third-order valence-corrected chi connectivity index (χ3v) is 3.57. The van der Waals surface area contributed by atoms with E-state index in [-0.39, 0.29) is 12.5 Å². The lowest BCUT2D eigenvalue weighted by Gasteiger charge is -2.29. The van der Waals surface area contributed by atoms with Crippen LogP contribution in [0.5, 0.6) is 5.75 Å². The number of carbonyl (C=O) groups excluding carboxylic acids is 1. The number of rotatable bonds is 5. The van der Waals surface area contributed by atoms with E-state index in [1.807, 2.05) is 25.1 Å². The molecular weight excluding hydrogens is 310 g/mol. The van der Waals surface area contributed by atoms with Crippen LogP contribution in [0.2, 0.25) is 0 Å². The molecule has 0 saturated carbocycles. The molecule has 1 aromatic carbocycles. The molecule has 0 aliphatic rings. The van der Waals surface area contributed by atoms with E-state index < -0.39 is 11.6 Å². The van der Waals surface area contributed by atoms with Crippen LogP contribution >= 0.6 is 15.9 Å². The highest BCUT2D eigenvalue weighted by molar-refractivity contribution is 9.10. The zero-order valence-electron chi connectivity index (χ0n) is 11.7. The molecular formula is C14H20BrNO3. The molecule has 0 saturated heterocycles. The van der Waals surface area contributed by atoms with Crippen LogP contribution in [-0.4, -0.2) is 29.3 Å². The van der Waals surface area contributed by atoms with E-state index in [0.717, 1.165) is 10.0 Å². The number of carbonyl (C=O) groups is 1. The van der Waals surface area contributed by atoms with Crippen LogP contribution in [0.4, 0.5) is 0 Å². The van der Waals surface area contributed by atoms with Gasteiger partial charge < -0.3 is 15.2 Å². The Labute approximate surface area is 122 Å². The first-order valence-electron chi connectivity index (χ1n) is 6.10. The average Bonchev–Trinajstić information content (AvgIpc) is 2.27. The Hall–Kier alpha value is -1.07. The van der Waals surface area contributed by atoms with Gasteiger partial charge in [0.1, 0.15) is 5.75 Å². The molecule has 2 N–H and O–H groups in total. The molecule has 0 aliphatic carbocycles. The van der Waals surface area contributed by atoms with E-state index in [2.05, 4.69) is 21.2 Å². The third-order valence-electron chi connectivity index (χ3n) is 2.95. The van der Waals surface area contributed by atoms with Gasteiger partial charge >= 0.3 is 0 Å². The Balaban J connectivity index is 2.55. The lowest BCUT2D eigenvalue weighted by Crippen LogP contribution is -2.52. The summed E-state index contributed by atoms with van der Waals surface area (Å²) in [4.78, 5) is 11.8. The summed E-state index contributed by atoms with van der Waals surface area (Å²) in [5.74, 6) is 0.356.